The summed E-state index contributed by atoms with van der Waals surface area (Å²) in [5, 5.41) is 6.72. The van der Waals surface area contributed by atoms with Gasteiger partial charge in [0.05, 0.1) is 5.69 Å². The molecule has 1 atom stereocenters. The van der Waals surface area contributed by atoms with Gasteiger partial charge in [0.15, 0.2) is 5.13 Å². The highest BCUT2D eigenvalue weighted by molar-refractivity contribution is 7.13. The van der Waals surface area contributed by atoms with E-state index in [1.54, 1.807) is 11.3 Å². The second-order valence-corrected chi connectivity index (χ2v) is 4.95. The minimum Gasteiger partial charge on any atom is -0.362 e. The Hall–Kier alpha value is -0.280. The predicted molar refractivity (Wildman–Crippen MR) is 64.5 cm³/mol. The molecule has 80 valence electrons. The van der Waals surface area contributed by atoms with E-state index in [0.29, 0.717) is 0 Å². The number of nitrogens with zero attached hydrogens (tertiary/aromatic N) is 1. The summed E-state index contributed by atoms with van der Waals surface area (Å²) in [7, 11) is 0. The lowest BCUT2D eigenvalue weighted by Gasteiger charge is -2.03. The summed E-state index contributed by atoms with van der Waals surface area (Å²) < 4.78 is 0. The average molecular weight is 233 g/mol. The van der Waals surface area contributed by atoms with Crippen LogP contribution in [0.2, 0.25) is 0 Å². The van der Waals surface area contributed by atoms with Crippen molar-refractivity contribution in [2.75, 3.05) is 11.9 Å². The highest BCUT2D eigenvalue weighted by atomic mass is 35.5. The van der Waals surface area contributed by atoms with Gasteiger partial charge < -0.3 is 5.32 Å². The minimum atomic E-state index is 0.277. The molecule has 0 aliphatic heterocycles. The summed E-state index contributed by atoms with van der Waals surface area (Å²) in [5.41, 5.74) is 1.17. The molecule has 1 N–H and O–H groups in total. The van der Waals surface area contributed by atoms with Crippen LogP contribution in [0.4, 0.5) is 5.13 Å². The van der Waals surface area contributed by atoms with E-state index in [-0.39, 0.29) is 5.38 Å². The average Bonchev–Trinajstić information content (AvgIpc) is 2.60. The van der Waals surface area contributed by atoms with Gasteiger partial charge in [-0.2, -0.15) is 0 Å². The fourth-order valence-corrected chi connectivity index (χ4v) is 2.11. The lowest BCUT2D eigenvalue weighted by molar-refractivity contribution is 0.750. The molecular weight excluding hydrogens is 216 g/mol. The first kappa shape index (κ1) is 11.8. The molecule has 0 aromatic carbocycles. The number of hydrogen-bond donors (Lipinski definition) is 1. The predicted octanol–water partition coefficient (Wildman–Crippen LogP) is 3.52. The Morgan fingerprint density at radius 1 is 1.64 bits per heavy atom. The zero-order valence-electron chi connectivity index (χ0n) is 8.72. The van der Waals surface area contributed by atoms with Crippen LogP contribution >= 0.6 is 22.9 Å². The Balaban J connectivity index is 2.18. The van der Waals surface area contributed by atoms with Crippen molar-refractivity contribution in [1.82, 2.24) is 4.98 Å². The number of halogens is 1. The molecule has 1 aromatic rings. The Kier molecular flexibility index (Phi) is 5.26. The molecule has 0 bridgehead atoms. The number of nitrogens with one attached hydrogen (secondary N) is 1. The van der Waals surface area contributed by atoms with Crippen LogP contribution in [0.5, 0.6) is 0 Å². The number of rotatable bonds is 6. The van der Waals surface area contributed by atoms with Gasteiger partial charge in [0.2, 0.25) is 0 Å². The van der Waals surface area contributed by atoms with E-state index in [1.165, 1.54) is 5.69 Å². The van der Waals surface area contributed by atoms with E-state index in [0.717, 1.165) is 30.9 Å². The molecule has 0 aliphatic carbocycles. The molecule has 1 aromatic heterocycles. The fraction of sp³-hybridized carbons (Fsp3) is 0.700. The Labute approximate surface area is 94.7 Å². The Morgan fingerprint density at radius 3 is 3.00 bits per heavy atom. The van der Waals surface area contributed by atoms with E-state index in [9.17, 15) is 0 Å². The highest BCUT2D eigenvalue weighted by Gasteiger charge is 1.99. The van der Waals surface area contributed by atoms with Crippen LogP contribution in [0.3, 0.4) is 0 Å². The third-order valence-electron chi connectivity index (χ3n) is 1.97. The van der Waals surface area contributed by atoms with Crippen molar-refractivity contribution in [3.63, 3.8) is 0 Å². The molecule has 0 spiro atoms. The SMILES string of the molecule is CCc1csc(NCCCC(C)Cl)n1. The van der Waals surface area contributed by atoms with Crippen molar-refractivity contribution in [2.45, 2.75) is 38.5 Å². The molecule has 0 radical (unpaired) electrons. The first-order valence-electron chi connectivity index (χ1n) is 5.04. The van der Waals surface area contributed by atoms with Crippen molar-refractivity contribution in [1.29, 1.82) is 0 Å². The van der Waals surface area contributed by atoms with Crippen molar-refractivity contribution in [3.05, 3.63) is 11.1 Å². The first-order chi connectivity index (χ1) is 6.72. The highest BCUT2D eigenvalue weighted by Crippen LogP contribution is 2.15. The summed E-state index contributed by atoms with van der Waals surface area (Å²) in [6.45, 7) is 5.11. The van der Waals surface area contributed by atoms with Crippen LogP contribution in [0.15, 0.2) is 5.38 Å². The number of anilines is 1. The molecular formula is C10H17ClN2S. The zero-order chi connectivity index (χ0) is 10.4. The topological polar surface area (TPSA) is 24.9 Å². The van der Waals surface area contributed by atoms with Crippen molar-refractivity contribution in [3.8, 4) is 0 Å². The lowest BCUT2D eigenvalue weighted by Crippen LogP contribution is -2.03. The summed E-state index contributed by atoms with van der Waals surface area (Å²) in [4.78, 5) is 4.42. The number of aromatic nitrogens is 1. The van der Waals surface area contributed by atoms with Crippen molar-refractivity contribution in [2.24, 2.45) is 0 Å². The van der Waals surface area contributed by atoms with E-state index in [1.807, 2.05) is 6.92 Å². The molecule has 0 saturated heterocycles. The van der Waals surface area contributed by atoms with Crippen LogP contribution in [-0.2, 0) is 6.42 Å². The second-order valence-electron chi connectivity index (χ2n) is 3.35. The van der Waals surface area contributed by atoms with Gasteiger partial charge in [-0.3, -0.25) is 0 Å². The third-order valence-corrected chi connectivity index (χ3v) is 3.04. The Bertz CT molecular complexity index is 260. The van der Waals surface area contributed by atoms with E-state index < -0.39 is 0 Å². The van der Waals surface area contributed by atoms with Gasteiger partial charge in [-0.05, 0) is 26.2 Å². The van der Waals surface area contributed by atoms with Gasteiger partial charge in [0.25, 0.3) is 0 Å². The molecule has 4 heteroatoms. The van der Waals surface area contributed by atoms with Crippen LogP contribution in [-0.4, -0.2) is 16.9 Å². The maximum atomic E-state index is 5.85. The smallest absolute Gasteiger partial charge is 0.182 e. The van der Waals surface area contributed by atoms with Gasteiger partial charge in [0, 0.05) is 17.3 Å². The molecule has 0 fully saturated rings. The van der Waals surface area contributed by atoms with Gasteiger partial charge in [-0.15, -0.1) is 22.9 Å². The quantitative estimate of drug-likeness (QED) is 0.600. The second kappa shape index (κ2) is 6.25. The van der Waals surface area contributed by atoms with E-state index >= 15 is 0 Å². The maximum Gasteiger partial charge on any atom is 0.182 e. The van der Waals surface area contributed by atoms with Crippen molar-refractivity contribution < 1.29 is 0 Å². The van der Waals surface area contributed by atoms with E-state index in [2.05, 4.69) is 22.6 Å². The number of alkyl halides is 1. The van der Waals surface area contributed by atoms with E-state index in [4.69, 9.17) is 11.6 Å². The first-order valence-corrected chi connectivity index (χ1v) is 6.36. The third kappa shape index (κ3) is 4.29. The lowest BCUT2D eigenvalue weighted by atomic mass is 10.2. The van der Waals surface area contributed by atoms with Crippen molar-refractivity contribution >= 4 is 28.1 Å². The van der Waals surface area contributed by atoms with Gasteiger partial charge in [-0.25, -0.2) is 4.98 Å². The molecule has 1 heterocycles. The van der Waals surface area contributed by atoms with Gasteiger partial charge >= 0.3 is 0 Å². The van der Waals surface area contributed by atoms with Crippen LogP contribution in [0.1, 0.15) is 32.4 Å². The molecule has 14 heavy (non-hydrogen) atoms. The van der Waals surface area contributed by atoms with Crippen LogP contribution in [0, 0.1) is 0 Å². The molecule has 1 rings (SSSR count). The molecule has 1 unspecified atom stereocenters. The normalized spacial score (nSPS) is 12.8. The number of hydrogen-bond acceptors (Lipinski definition) is 3. The van der Waals surface area contributed by atoms with Crippen LogP contribution < -0.4 is 5.32 Å². The summed E-state index contributed by atoms with van der Waals surface area (Å²) in [6, 6.07) is 0. The largest absolute Gasteiger partial charge is 0.362 e. The molecule has 0 aliphatic rings. The molecule has 0 saturated carbocycles. The minimum absolute atomic E-state index is 0.277. The summed E-state index contributed by atoms with van der Waals surface area (Å²) in [6.07, 6.45) is 3.17. The number of aryl methyl sites for hydroxylation is 1. The summed E-state index contributed by atoms with van der Waals surface area (Å²) in [5.74, 6) is 0. The standard InChI is InChI=1S/C10H17ClN2S/c1-3-9-7-14-10(13-9)12-6-4-5-8(2)11/h7-8H,3-6H2,1-2H3,(H,12,13). The monoisotopic (exact) mass is 232 g/mol. The fourth-order valence-electron chi connectivity index (χ4n) is 1.13. The number of thiazole rings is 1. The Morgan fingerprint density at radius 2 is 2.43 bits per heavy atom. The molecule has 0 amide bonds. The maximum absolute atomic E-state index is 5.85. The zero-order valence-corrected chi connectivity index (χ0v) is 10.3. The summed E-state index contributed by atoms with van der Waals surface area (Å²) >= 11 is 7.52. The van der Waals surface area contributed by atoms with Gasteiger partial charge in [-0.1, -0.05) is 6.92 Å². The molecule has 2 nitrogen and oxygen atoms in total. The van der Waals surface area contributed by atoms with Crippen LogP contribution in [0.25, 0.3) is 0 Å². The van der Waals surface area contributed by atoms with Gasteiger partial charge in [0.1, 0.15) is 0 Å².